The predicted octanol–water partition coefficient (Wildman–Crippen LogP) is 1.88. The number of methoxy groups -OCH3 is 2. The number of ether oxygens (including phenoxy) is 2. The van der Waals surface area contributed by atoms with Gasteiger partial charge in [0.15, 0.2) is 0 Å². The summed E-state index contributed by atoms with van der Waals surface area (Å²) in [6, 6.07) is 6.63. The number of carbonyl (C=O) groups is 2. The van der Waals surface area contributed by atoms with E-state index >= 15 is 0 Å². The molecule has 6 heteroatoms. The molecule has 0 aliphatic heterocycles. The summed E-state index contributed by atoms with van der Waals surface area (Å²) in [6.07, 6.45) is 2.41. The molecule has 0 radical (unpaired) electrons. The van der Waals surface area contributed by atoms with Crippen molar-refractivity contribution in [2.45, 2.75) is 0 Å². The molecule has 108 valence electrons. The van der Waals surface area contributed by atoms with Crippen molar-refractivity contribution >= 4 is 28.4 Å². The van der Waals surface area contributed by atoms with Crippen LogP contribution in [0.25, 0.3) is 16.7 Å². The van der Waals surface area contributed by atoms with Crippen molar-refractivity contribution in [2.24, 2.45) is 0 Å². The minimum absolute atomic E-state index is 0.342. The van der Waals surface area contributed by atoms with Gasteiger partial charge in [0.1, 0.15) is 17.0 Å². The minimum Gasteiger partial charge on any atom is -0.507 e. The highest BCUT2D eigenvalue weighted by atomic mass is 16.5. The minimum atomic E-state index is -1.04. The Labute approximate surface area is 120 Å². The number of ketones is 1. The van der Waals surface area contributed by atoms with E-state index in [0.29, 0.717) is 22.2 Å². The van der Waals surface area contributed by atoms with E-state index in [1.807, 2.05) is 0 Å². The van der Waals surface area contributed by atoms with E-state index in [4.69, 9.17) is 4.74 Å². The average Bonchev–Trinajstić information content (AvgIpc) is 2.52. The number of aliphatic hydroxyl groups excluding tert-OH is 1. The van der Waals surface area contributed by atoms with Gasteiger partial charge in [0.05, 0.1) is 14.2 Å². The Morgan fingerprint density at radius 1 is 1.24 bits per heavy atom. The Balaban J connectivity index is 2.55. The summed E-state index contributed by atoms with van der Waals surface area (Å²) in [5.41, 5.74) is 0.916. The van der Waals surface area contributed by atoms with Crippen LogP contribution in [0.15, 0.2) is 36.5 Å². The molecule has 0 saturated carbocycles. The molecule has 0 atom stereocenters. The maximum absolute atomic E-state index is 11.5. The lowest BCUT2D eigenvalue weighted by atomic mass is 10.1. The second-order valence-corrected chi connectivity index (χ2v) is 4.10. The van der Waals surface area contributed by atoms with Crippen LogP contribution in [-0.2, 0) is 14.3 Å². The van der Waals surface area contributed by atoms with E-state index in [1.165, 1.54) is 7.11 Å². The van der Waals surface area contributed by atoms with Gasteiger partial charge < -0.3 is 14.6 Å². The van der Waals surface area contributed by atoms with Gasteiger partial charge in [-0.25, -0.2) is 4.79 Å². The Morgan fingerprint density at radius 3 is 2.67 bits per heavy atom. The van der Waals surface area contributed by atoms with Crippen molar-refractivity contribution in [3.63, 3.8) is 0 Å². The van der Waals surface area contributed by atoms with E-state index in [2.05, 4.69) is 9.72 Å². The van der Waals surface area contributed by atoms with Crippen LogP contribution in [0.3, 0.4) is 0 Å². The number of aliphatic hydroxyl groups is 1. The number of benzene rings is 1. The third-order valence-electron chi connectivity index (χ3n) is 2.88. The molecule has 1 aromatic heterocycles. The first-order chi connectivity index (χ1) is 10.1. The number of fused-ring (bicyclic) bond motifs is 1. The molecular formula is C15H13NO5. The van der Waals surface area contributed by atoms with Crippen LogP contribution >= 0.6 is 0 Å². The van der Waals surface area contributed by atoms with Crippen molar-refractivity contribution in [1.29, 1.82) is 0 Å². The molecule has 21 heavy (non-hydrogen) atoms. The lowest BCUT2D eigenvalue weighted by Gasteiger charge is -2.08. The van der Waals surface area contributed by atoms with Crippen molar-refractivity contribution in [2.75, 3.05) is 14.2 Å². The van der Waals surface area contributed by atoms with Crippen molar-refractivity contribution in [3.05, 3.63) is 42.1 Å². The third-order valence-corrected chi connectivity index (χ3v) is 2.88. The number of rotatable bonds is 4. The fourth-order valence-corrected chi connectivity index (χ4v) is 1.90. The summed E-state index contributed by atoms with van der Waals surface area (Å²) in [6.45, 7) is 0. The number of hydrogen-bond donors (Lipinski definition) is 1. The molecule has 0 saturated heterocycles. The van der Waals surface area contributed by atoms with Gasteiger partial charge in [-0.15, -0.1) is 0 Å². The van der Waals surface area contributed by atoms with Crippen LogP contribution < -0.4 is 4.74 Å². The first-order valence-corrected chi connectivity index (χ1v) is 6.03. The van der Waals surface area contributed by atoms with E-state index < -0.39 is 11.8 Å². The molecule has 0 bridgehead atoms. The Kier molecular flexibility index (Phi) is 4.18. The lowest BCUT2D eigenvalue weighted by Crippen LogP contribution is -2.13. The van der Waals surface area contributed by atoms with Gasteiger partial charge in [0.25, 0.3) is 5.78 Å². The van der Waals surface area contributed by atoms with Gasteiger partial charge in [-0.05, 0) is 18.2 Å². The van der Waals surface area contributed by atoms with Crippen LogP contribution in [0.5, 0.6) is 5.75 Å². The largest absolute Gasteiger partial charge is 0.507 e. The second-order valence-electron chi connectivity index (χ2n) is 4.10. The van der Waals surface area contributed by atoms with Crippen LogP contribution in [-0.4, -0.2) is 36.1 Å². The summed E-state index contributed by atoms with van der Waals surface area (Å²) in [4.78, 5) is 26.7. The standard InChI is InChI=1S/C15H13NO5/c1-20-13-6-5-9(10-4-3-7-16-14(10)13)11(17)8-12(18)15(19)21-2/h3-8,17H,1-2H3/b11-8+. The molecule has 2 aromatic rings. The lowest BCUT2D eigenvalue weighted by molar-refractivity contribution is -0.149. The highest BCUT2D eigenvalue weighted by Crippen LogP contribution is 2.29. The Hall–Kier alpha value is -2.89. The third kappa shape index (κ3) is 2.84. The molecule has 2 rings (SSSR count). The van der Waals surface area contributed by atoms with Crippen molar-refractivity contribution in [1.82, 2.24) is 4.98 Å². The summed E-state index contributed by atoms with van der Waals surface area (Å²) in [5.74, 6) is -1.78. The Morgan fingerprint density at radius 2 is 2.00 bits per heavy atom. The molecular weight excluding hydrogens is 274 g/mol. The number of aromatic nitrogens is 1. The first-order valence-electron chi connectivity index (χ1n) is 6.03. The van der Waals surface area contributed by atoms with E-state index in [0.717, 1.165) is 13.2 Å². The summed E-state index contributed by atoms with van der Waals surface area (Å²) >= 11 is 0. The number of esters is 1. The maximum atomic E-state index is 11.5. The molecule has 0 aliphatic carbocycles. The first kappa shape index (κ1) is 14.5. The van der Waals surface area contributed by atoms with Gasteiger partial charge in [-0.1, -0.05) is 6.07 Å². The zero-order valence-corrected chi connectivity index (χ0v) is 11.5. The highest BCUT2D eigenvalue weighted by Gasteiger charge is 2.15. The van der Waals surface area contributed by atoms with Crippen LogP contribution in [0.4, 0.5) is 0 Å². The number of carbonyl (C=O) groups excluding carboxylic acids is 2. The summed E-state index contributed by atoms with van der Waals surface area (Å²) < 4.78 is 9.49. The SMILES string of the molecule is COC(=O)C(=O)/C=C(/O)c1ccc(OC)c2ncccc12. The topological polar surface area (TPSA) is 85.7 Å². The van der Waals surface area contributed by atoms with Gasteiger partial charge in [0.2, 0.25) is 0 Å². The molecule has 1 heterocycles. The molecule has 0 amide bonds. The molecule has 6 nitrogen and oxygen atoms in total. The zero-order chi connectivity index (χ0) is 15.4. The fraction of sp³-hybridized carbons (Fsp3) is 0.133. The van der Waals surface area contributed by atoms with Gasteiger partial charge in [-0.2, -0.15) is 0 Å². The number of pyridine rings is 1. The van der Waals surface area contributed by atoms with Gasteiger partial charge in [0, 0.05) is 23.2 Å². The molecule has 0 fully saturated rings. The number of hydrogen-bond acceptors (Lipinski definition) is 6. The summed E-state index contributed by atoms with van der Waals surface area (Å²) in [7, 11) is 2.61. The molecule has 1 aromatic carbocycles. The van der Waals surface area contributed by atoms with E-state index in [9.17, 15) is 14.7 Å². The van der Waals surface area contributed by atoms with Crippen LogP contribution in [0, 0.1) is 0 Å². The molecule has 0 unspecified atom stereocenters. The fourth-order valence-electron chi connectivity index (χ4n) is 1.90. The van der Waals surface area contributed by atoms with Crippen molar-refractivity contribution in [3.8, 4) is 5.75 Å². The zero-order valence-electron chi connectivity index (χ0n) is 11.5. The summed E-state index contributed by atoms with van der Waals surface area (Å²) in [5, 5.41) is 10.7. The average molecular weight is 287 g/mol. The molecule has 0 spiro atoms. The maximum Gasteiger partial charge on any atom is 0.378 e. The molecule has 1 N–H and O–H groups in total. The quantitative estimate of drug-likeness (QED) is 0.400. The predicted molar refractivity (Wildman–Crippen MR) is 75.9 cm³/mol. The van der Waals surface area contributed by atoms with E-state index in [1.54, 1.807) is 30.5 Å². The molecule has 0 aliphatic rings. The monoisotopic (exact) mass is 287 g/mol. The van der Waals surface area contributed by atoms with Crippen molar-refractivity contribution < 1.29 is 24.2 Å². The van der Waals surface area contributed by atoms with E-state index in [-0.39, 0.29) is 5.76 Å². The second kappa shape index (κ2) is 6.04. The van der Waals surface area contributed by atoms with Gasteiger partial charge >= 0.3 is 5.97 Å². The van der Waals surface area contributed by atoms with Crippen LogP contribution in [0.2, 0.25) is 0 Å². The van der Waals surface area contributed by atoms with Gasteiger partial charge in [-0.3, -0.25) is 9.78 Å². The Bertz CT molecular complexity index is 736. The smallest absolute Gasteiger partial charge is 0.378 e. The highest BCUT2D eigenvalue weighted by molar-refractivity contribution is 6.39. The van der Waals surface area contributed by atoms with Crippen LogP contribution in [0.1, 0.15) is 5.56 Å². The normalized spacial score (nSPS) is 11.2. The number of nitrogens with zero attached hydrogens (tertiary/aromatic N) is 1.